The number of aromatic amines is 1. The number of fused-ring (bicyclic) bond motifs is 2. The molecule has 5 amide bonds. The number of thioether (sulfide) groups is 2. The molecule has 69 heavy (non-hydrogen) atoms. The second-order valence-electron chi connectivity index (χ2n) is 17.1. The van der Waals surface area contributed by atoms with E-state index in [0.717, 1.165) is 90.5 Å². The van der Waals surface area contributed by atoms with Crippen molar-refractivity contribution in [3.8, 4) is 0 Å². The molecule has 0 bridgehead atoms. The maximum absolute atomic E-state index is 12.2. The lowest BCUT2D eigenvalue weighted by atomic mass is 10.0. The van der Waals surface area contributed by atoms with Crippen LogP contribution in [-0.4, -0.2) is 150 Å². The molecule has 3 fully saturated rings. The lowest BCUT2D eigenvalue weighted by Crippen LogP contribution is -2.36. The van der Waals surface area contributed by atoms with Gasteiger partial charge in [0.05, 0.1) is 28.7 Å². The highest BCUT2D eigenvalue weighted by Gasteiger charge is 2.31. The van der Waals surface area contributed by atoms with Gasteiger partial charge in [-0.15, -0.1) is 0 Å². The Labute approximate surface area is 423 Å². The van der Waals surface area contributed by atoms with Crippen LogP contribution in [0, 0.1) is 17.8 Å². The summed E-state index contributed by atoms with van der Waals surface area (Å²) in [4.78, 5) is 77.4. The number of ether oxygens (including phenoxy) is 1. The molecule has 2 N–H and O–H groups in total. The summed E-state index contributed by atoms with van der Waals surface area (Å²) in [5, 5.41) is 10.3. The predicted octanol–water partition coefficient (Wildman–Crippen LogP) is 9.99. The standard InChI is InChI=1S/C16H21N3OS.C13H24N2O3.C8H8N2S.C8H15NO2.C5H10ClNO/c1-3-6-12-9-15(20)18(10-12)11-19-14-8-5-4-7-13(14)17-16(19)21-2;1-4-7-11-8-12(16)15(9-11)10-18-13(17)14(5-2)6-3;1-11-8-9-6-4-2-3-5-7(6)10-8;1-2-3-7-4-8(11)9(5-7)6-10;1-3-7(4-2)5(6)8/h4-5,7-8,12H,3,6,9-11H2,1-2H3;11H,4-10H2,1-3H3;2-5H,1H3,(H,9,10);7,10H,2-6H2,1H3;3-4H2,1-2H3. The molecule has 0 spiro atoms. The van der Waals surface area contributed by atoms with E-state index in [1.807, 2.05) is 87.6 Å². The Morgan fingerprint density at radius 3 is 1.65 bits per heavy atom. The summed E-state index contributed by atoms with van der Waals surface area (Å²) in [7, 11) is 0. The van der Waals surface area contributed by atoms with Gasteiger partial charge in [-0.25, -0.2) is 14.8 Å². The van der Waals surface area contributed by atoms with Crippen LogP contribution >= 0.6 is 35.1 Å². The van der Waals surface area contributed by atoms with Gasteiger partial charge >= 0.3 is 11.5 Å². The fraction of sp³-hybridized carbons (Fsp3) is 0.620. The van der Waals surface area contributed by atoms with Crippen LogP contribution in [0.25, 0.3) is 22.1 Å². The van der Waals surface area contributed by atoms with Crippen LogP contribution in [0.3, 0.4) is 0 Å². The Hall–Kier alpha value is -4.52. The number of amides is 5. The van der Waals surface area contributed by atoms with Gasteiger partial charge in [-0.1, -0.05) is 87.8 Å². The van der Waals surface area contributed by atoms with E-state index in [2.05, 4.69) is 46.4 Å². The molecule has 3 atom stereocenters. The van der Waals surface area contributed by atoms with E-state index >= 15 is 0 Å². The van der Waals surface area contributed by atoms with Crippen LogP contribution < -0.4 is 0 Å². The highest BCUT2D eigenvalue weighted by atomic mass is 35.5. The number of para-hydroxylation sites is 4. The van der Waals surface area contributed by atoms with Crippen molar-refractivity contribution in [1.29, 1.82) is 0 Å². The van der Waals surface area contributed by atoms with Gasteiger partial charge in [0.25, 0.3) is 0 Å². The first-order chi connectivity index (χ1) is 33.2. The largest absolute Gasteiger partial charge is 0.428 e. The summed E-state index contributed by atoms with van der Waals surface area (Å²) in [5.41, 5.74) is 4.25. The molecule has 384 valence electrons. The minimum atomic E-state index is -0.366. The number of halogens is 1. The van der Waals surface area contributed by atoms with Crippen molar-refractivity contribution < 1.29 is 33.8 Å². The summed E-state index contributed by atoms with van der Waals surface area (Å²) in [5.74, 6) is 1.91. The maximum atomic E-state index is 12.2. The van der Waals surface area contributed by atoms with Gasteiger partial charge in [-0.2, -0.15) is 0 Å². The monoisotopic (exact) mass is 1020 g/mol. The molecule has 0 radical (unpaired) electrons. The number of aliphatic hydroxyl groups excluding tert-OH is 1. The molecule has 3 saturated heterocycles. The third-order valence-corrected chi connectivity index (χ3v) is 13.7. The molecule has 4 aromatic rings. The average Bonchev–Trinajstić information content (AvgIpc) is 4.18. The third-order valence-electron chi connectivity index (χ3n) is 12.2. The molecular formula is C50H78ClN9O7S2. The fourth-order valence-electron chi connectivity index (χ4n) is 8.49. The normalized spacial score (nSPS) is 17.4. The van der Waals surface area contributed by atoms with Gasteiger partial charge in [-0.3, -0.25) is 19.2 Å². The Morgan fingerprint density at radius 2 is 1.19 bits per heavy atom. The number of aromatic nitrogens is 4. The first-order valence-corrected chi connectivity index (χ1v) is 27.3. The van der Waals surface area contributed by atoms with E-state index in [4.69, 9.17) is 21.4 Å². The molecule has 3 unspecified atom stereocenters. The fourth-order valence-corrected chi connectivity index (χ4v) is 9.69. The van der Waals surface area contributed by atoms with E-state index in [-0.39, 0.29) is 42.6 Å². The van der Waals surface area contributed by atoms with Gasteiger partial charge in [0.2, 0.25) is 17.7 Å². The number of benzene rings is 2. The first-order valence-electron chi connectivity index (χ1n) is 24.5. The summed E-state index contributed by atoms with van der Waals surface area (Å²) in [6, 6.07) is 16.2. The van der Waals surface area contributed by atoms with Crippen LogP contribution in [0.4, 0.5) is 9.59 Å². The summed E-state index contributed by atoms with van der Waals surface area (Å²) in [6.07, 6.45) is 12.3. The summed E-state index contributed by atoms with van der Waals surface area (Å²) >= 11 is 8.39. The number of hydrogen-bond donors (Lipinski definition) is 2. The van der Waals surface area contributed by atoms with Crippen LogP contribution in [0.2, 0.25) is 0 Å². The van der Waals surface area contributed by atoms with Gasteiger partial charge in [-0.05, 0) is 113 Å². The van der Waals surface area contributed by atoms with Crippen LogP contribution in [-0.2, 0) is 25.8 Å². The number of nitrogens with zero attached hydrogens (tertiary/aromatic N) is 8. The summed E-state index contributed by atoms with van der Waals surface area (Å²) < 4.78 is 7.32. The molecule has 3 aliphatic rings. The molecule has 2 aromatic heterocycles. The van der Waals surface area contributed by atoms with Gasteiger partial charge in [0.1, 0.15) is 6.73 Å². The second-order valence-corrected chi connectivity index (χ2v) is 19.0. The maximum Gasteiger partial charge on any atom is 0.411 e. The lowest BCUT2D eigenvalue weighted by molar-refractivity contribution is -0.131. The van der Waals surface area contributed by atoms with Crippen molar-refractivity contribution in [3.05, 3.63) is 48.5 Å². The van der Waals surface area contributed by atoms with Crippen LogP contribution in [0.15, 0.2) is 58.8 Å². The number of aliphatic hydroxyl groups is 1. The highest BCUT2D eigenvalue weighted by Crippen LogP contribution is 2.28. The van der Waals surface area contributed by atoms with E-state index in [9.17, 15) is 24.0 Å². The quantitative estimate of drug-likeness (QED) is 0.0585. The Balaban J connectivity index is 0.000000238. The van der Waals surface area contributed by atoms with Crippen LogP contribution in [0.5, 0.6) is 0 Å². The molecule has 5 heterocycles. The van der Waals surface area contributed by atoms with E-state index in [1.54, 1.807) is 38.2 Å². The van der Waals surface area contributed by atoms with Crippen molar-refractivity contribution in [2.45, 2.75) is 123 Å². The number of carbonyl (C=O) groups is 5. The van der Waals surface area contributed by atoms with Gasteiger partial charge in [0, 0.05) is 65.1 Å². The Kier molecular flexibility index (Phi) is 27.0. The van der Waals surface area contributed by atoms with Gasteiger partial charge in [0.15, 0.2) is 17.0 Å². The third kappa shape index (κ3) is 18.6. The molecule has 2 aromatic carbocycles. The van der Waals surface area contributed by atoms with E-state index in [1.165, 1.54) is 4.90 Å². The topological polar surface area (TPSA) is 178 Å². The minimum absolute atomic E-state index is 0.0916. The minimum Gasteiger partial charge on any atom is -0.428 e. The SMILES string of the molecule is CCCC1CC(=O)N(CO)C1.CCCC1CC(=O)N(COC(=O)N(CC)CC)C1.CCCC1CC(=O)N(Cn2c(SC)nc3ccccc32)C1.CCN(CC)C(=O)Cl.CSc1nc2ccccc2[nH]1. The molecule has 0 aliphatic carbocycles. The Bertz CT molecular complexity index is 2150. The zero-order valence-corrected chi connectivity index (χ0v) is 44.8. The second kappa shape index (κ2) is 31.7. The zero-order valence-electron chi connectivity index (χ0n) is 42.5. The van der Waals surface area contributed by atoms with E-state index in [0.29, 0.717) is 69.9 Å². The zero-order chi connectivity index (χ0) is 50.9. The van der Waals surface area contributed by atoms with Crippen LogP contribution in [0.1, 0.15) is 106 Å². The van der Waals surface area contributed by atoms with Crippen molar-refractivity contribution >= 4 is 86.4 Å². The van der Waals surface area contributed by atoms with Crippen molar-refractivity contribution in [3.63, 3.8) is 0 Å². The lowest BCUT2D eigenvalue weighted by Gasteiger charge is -2.21. The molecule has 3 aliphatic heterocycles. The van der Waals surface area contributed by atoms with Crippen molar-refractivity contribution in [1.82, 2.24) is 44.0 Å². The molecule has 16 nitrogen and oxygen atoms in total. The molecule has 7 rings (SSSR count). The smallest absolute Gasteiger partial charge is 0.411 e. The molecule has 0 saturated carbocycles. The first kappa shape index (κ1) is 58.8. The number of rotatable bonds is 17. The summed E-state index contributed by atoms with van der Waals surface area (Å²) in [6.45, 7) is 19.6. The number of H-pyrrole nitrogens is 1. The number of hydrogen-bond acceptors (Lipinski definition) is 11. The number of nitrogens with one attached hydrogen (secondary N) is 1. The van der Waals surface area contributed by atoms with Gasteiger partial charge < -0.3 is 43.9 Å². The molecular weight excluding hydrogens is 938 g/mol. The van der Waals surface area contributed by atoms with Crippen molar-refractivity contribution in [2.75, 3.05) is 71.8 Å². The molecule has 19 heteroatoms. The predicted molar refractivity (Wildman–Crippen MR) is 279 cm³/mol. The number of carbonyl (C=O) groups excluding carboxylic acids is 5. The number of imidazole rings is 2. The van der Waals surface area contributed by atoms with Crippen molar-refractivity contribution in [2.24, 2.45) is 17.8 Å². The Morgan fingerprint density at radius 1 is 0.696 bits per heavy atom. The number of likely N-dealkylation sites (tertiary alicyclic amines) is 3. The van der Waals surface area contributed by atoms with E-state index < -0.39 is 0 Å². The average molecular weight is 1020 g/mol. The highest BCUT2D eigenvalue weighted by molar-refractivity contribution is 7.98.